The highest BCUT2D eigenvalue weighted by Crippen LogP contribution is 2.38. The van der Waals surface area contributed by atoms with Crippen LogP contribution in [-0.2, 0) is 16.1 Å². The predicted molar refractivity (Wildman–Crippen MR) is 182 cm³/mol. The Hall–Kier alpha value is -3.81. The molecule has 8 heteroatoms. The molecule has 2 heterocycles. The lowest BCUT2D eigenvalue weighted by Gasteiger charge is -2.44. The minimum absolute atomic E-state index is 0.0476. The van der Waals surface area contributed by atoms with Crippen LogP contribution < -0.4 is 14.8 Å². The summed E-state index contributed by atoms with van der Waals surface area (Å²) in [6.45, 7) is 12.4. The molecule has 2 atom stereocenters. The molecule has 0 radical (unpaired) electrons. The van der Waals surface area contributed by atoms with Crippen LogP contribution in [0.15, 0.2) is 60.2 Å². The lowest BCUT2D eigenvalue weighted by atomic mass is 9.82. The standard InChI is InChI=1S/C38H44ClN3O4/c1-23-7-6-8-29(26(23)4)20-42(31-11-12-31)38(44)37-33(19-30-21-41(27(5)43)22-35(37)40-30)28-9-13-32(14-10-28)45-15-16-46-36-18-25(3)24(2)17-34(36)39/h6-10,13-14,17-18,30-31,35,40H,11-12,15-16,19-22H2,1-5H3. The van der Waals surface area contributed by atoms with Gasteiger partial charge in [0.25, 0.3) is 5.91 Å². The van der Waals surface area contributed by atoms with E-state index in [1.54, 1.807) is 6.92 Å². The van der Waals surface area contributed by atoms with Crippen molar-refractivity contribution in [3.05, 3.63) is 98.6 Å². The molecule has 2 bridgehead atoms. The van der Waals surface area contributed by atoms with Crippen molar-refractivity contribution >= 4 is 29.0 Å². The van der Waals surface area contributed by atoms with E-state index in [4.69, 9.17) is 21.1 Å². The van der Waals surface area contributed by atoms with E-state index in [-0.39, 0.29) is 29.9 Å². The minimum Gasteiger partial charge on any atom is -0.490 e. The molecule has 7 nitrogen and oxygen atoms in total. The lowest BCUT2D eigenvalue weighted by Crippen LogP contribution is -2.61. The highest BCUT2D eigenvalue weighted by Gasteiger charge is 2.43. The Kier molecular flexibility index (Phi) is 9.44. The Bertz CT molecular complexity index is 1660. The van der Waals surface area contributed by atoms with E-state index in [1.807, 2.05) is 43.0 Å². The van der Waals surface area contributed by atoms with E-state index in [0.717, 1.165) is 46.4 Å². The lowest BCUT2D eigenvalue weighted by molar-refractivity contribution is -0.132. The summed E-state index contributed by atoms with van der Waals surface area (Å²) in [4.78, 5) is 31.0. The van der Waals surface area contributed by atoms with Crippen LogP contribution in [-0.4, -0.2) is 66.0 Å². The third-order valence-electron chi connectivity index (χ3n) is 9.75. The molecule has 46 heavy (non-hydrogen) atoms. The number of hydrogen-bond donors (Lipinski definition) is 1. The van der Waals surface area contributed by atoms with Crippen molar-refractivity contribution in [3.8, 4) is 11.5 Å². The number of ether oxygens (including phenoxy) is 2. The summed E-state index contributed by atoms with van der Waals surface area (Å²) in [6, 6.07) is 18.3. The second kappa shape index (κ2) is 13.5. The second-order valence-electron chi connectivity index (χ2n) is 13.0. The van der Waals surface area contributed by atoms with Gasteiger partial charge in [0.15, 0.2) is 0 Å². The largest absolute Gasteiger partial charge is 0.490 e. The summed E-state index contributed by atoms with van der Waals surface area (Å²) in [7, 11) is 0. The smallest absolute Gasteiger partial charge is 0.252 e. The van der Waals surface area contributed by atoms with Crippen molar-refractivity contribution in [1.29, 1.82) is 0 Å². The quantitative estimate of drug-likeness (QED) is 0.254. The Balaban J connectivity index is 1.23. The summed E-state index contributed by atoms with van der Waals surface area (Å²) in [6.07, 6.45) is 2.71. The Morgan fingerprint density at radius 1 is 0.935 bits per heavy atom. The number of halogens is 1. The highest BCUT2D eigenvalue weighted by molar-refractivity contribution is 6.32. The molecule has 0 aromatic heterocycles. The number of aryl methyl sites for hydroxylation is 3. The summed E-state index contributed by atoms with van der Waals surface area (Å²) < 4.78 is 11.9. The van der Waals surface area contributed by atoms with Gasteiger partial charge >= 0.3 is 0 Å². The van der Waals surface area contributed by atoms with Crippen LogP contribution in [0.3, 0.4) is 0 Å². The Morgan fingerprint density at radius 3 is 2.37 bits per heavy atom. The monoisotopic (exact) mass is 641 g/mol. The molecule has 0 spiro atoms. The molecule has 3 aliphatic rings. The predicted octanol–water partition coefficient (Wildman–Crippen LogP) is 6.57. The summed E-state index contributed by atoms with van der Waals surface area (Å²) in [5.74, 6) is 1.51. The van der Waals surface area contributed by atoms with Gasteiger partial charge in [-0.05, 0) is 110 Å². The van der Waals surface area contributed by atoms with Crippen LogP contribution in [0, 0.1) is 27.7 Å². The zero-order valence-corrected chi connectivity index (χ0v) is 28.2. The van der Waals surface area contributed by atoms with Gasteiger partial charge in [-0.2, -0.15) is 0 Å². The van der Waals surface area contributed by atoms with E-state index >= 15 is 0 Å². The van der Waals surface area contributed by atoms with Crippen LogP contribution in [0.1, 0.15) is 59.6 Å². The number of hydrogen-bond acceptors (Lipinski definition) is 5. The number of carbonyl (C=O) groups excluding carboxylic acids is 2. The minimum atomic E-state index is -0.218. The number of rotatable bonds is 10. The average molecular weight is 642 g/mol. The van der Waals surface area contributed by atoms with Gasteiger partial charge in [-0.15, -0.1) is 0 Å². The normalized spacial score (nSPS) is 19.2. The van der Waals surface area contributed by atoms with Gasteiger partial charge in [-0.1, -0.05) is 41.9 Å². The second-order valence-corrected chi connectivity index (χ2v) is 13.5. The van der Waals surface area contributed by atoms with Crippen LogP contribution in [0.2, 0.25) is 5.02 Å². The summed E-state index contributed by atoms with van der Waals surface area (Å²) >= 11 is 6.35. The van der Waals surface area contributed by atoms with Crippen molar-refractivity contribution in [2.24, 2.45) is 0 Å². The molecule has 3 aromatic rings. The molecule has 1 saturated heterocycles. The number of amides is 2. The number of nitrogens with one attached hydrogen (secondary N) is 1. The highest BCUT2D eigenvalue weighted by atomic mass is 35.5. The first kappa shape index (κ1) is 32.1. The fourth-order valence-corrected chi connectivity index (χ4v) is 6.90. The Labute approximate surface area is 277 Å². The first-order chi connectivity index (χ1) is 22.1. The molecular formula is C38H44ClN3O4. The number of nitrogens with zero attached hydrogens (tertiary/aromatic N) is 2. The zero-order valence-electron chi connectivity index (χ0n) is 27.5. The van der Waals surface area contributed by atoms with Gasteiger partial charge < -0.3 is 24.6 Å². The van der Waals surface area contributed by atoms with Gasteiger partial charge in [0.05, 0.1) is 11.1 Å². The maximum absolute atomic E-state index is 14.6. The van der Waals surface area contributed by atoms with Crippen molar-refractivity contribution < 1.29 is 19.1 Å². The molecule has 2 amide bonds. The fourth-order valence-electron chi connectivity index (χ4n) is 6.63. The molecule has 2 unspecified atom stereocenters. The number of fused-ring (bicyclic) bond motifs is 2. The maximum atomic E-state index is 14.6. The molecule has 1 aliphatic carbocycles. The topological polar surface area (TPSA) is 71.1 Å². The fraction of sp³-hybridized carbons (Fsp3) is 0.421. The van der Waals surface area contributed by atoms with Gasteiger partial charge in [0.2, 0.25) is 5.91 Å². The average Bonchev–Trinajstić information content (AvgIpc) is 3.87. The van der Waals surface area contributed by atoms with Gasteiger partial charge in [0.1, 0.15) is 24.7 Å². The van der Waals surface area contributed by atoms with Gasteiger partial charge in [-0.3, -0.25) is 9.59 Å². The molecule has 242 valence electrons. The summed E-state index contributed by atoms with van der Waals surface area (Å²) in [5.41, 5.74) is 8.77. The number of benzene rings is 3. The molecule has 6 rings (SSSR count). The summed E-state index contributed by atoms with van der Waals surface area (Å²) in [5, 5.41) is 4.29. The molecule has 3 aromatic carbocycles. The van der Waals surface area contributed by atoms with E-state index in [0.29, 0.717) is 50.0 Å². The van der Waals surface area contributed by atoms with E-state index in [2.05, 4.69) is 54.4 Å². The van der Waals surface area contributed by atoms with Crippen LogP contribution in [0.4, 0.5) is 0 Å². The number of carbonyl (C=O) groups is 2. The molecule has 2 fully saturated rings. The SMILES string of the molecule is CC(=O)N1CC2CC(c3ccc(OCCOc4cc(C)c(C)cc4Cl)cc3)=C(C(=O)N(Cc3cccc(C)c3C)C3CC3)C(C1)N2. The third-order valence-corrected chi connectivity index (χ3v) is 10.0. The van der Waals surface area contributed by atoms with Gasteiger partial charge in [0, 0.05) is 44.2 Å². The first-order valence-electron chi connectivity index (χ1n) is 16.3. The Morgan fingerprint density at radius 2 is 1.65 bits per heavy atom. The van der Waals surface area contributed by atoms with E-state index in [1.165, 1.54) is 16.7 Å². The van der Waals surface area contributed by atoms with Crippen LogP contribution in [0.5, 0.6) is 11.5 Å². The van der Waals surface area contributed by atoms with Gasteiger partial charge in [-0.25, -0.2) is 0 Å². The molecule has 1 saturated carbocycles. The maximum Gasteiger partial charge on any atom is 0.252 e. The van der Waals surface area contributed by atoms with Crippen LogP contribution in [0.25, 0.3) is 5.57 Å². The number of piperazine rings is 1. The first-order valence-corrected chi connectivity index (χ1v) is 16.7. The van der Waals surface area contributed by atoms with Crippen molar-refractivity contribution in [1.82, 2.24) is 15.1 Å². The van der Waals surface area contributed by atoms with Crippen molar-refractivity contribution in [2.75, 3.05) is 26.3 Å². The van der Waals surface area contributed by atoms with Crippen molar-refractivity contribution in [2.45, 2.75) is 78.6 Å². The zero-order chi connectivity index (χ0) is 32.5. The molecule has 2 aliphatic heterocycles. The van der Waals surface area contributed by atoms with E-state index in [9.17, 15) is 9.59 Å². The van der Waals surface area contributed by atoms with E-state index < -0.39 is 0 Å². The molecular weight excluding hydrogens is 598 g/mol. The third kappa shape index (κ3) is 6.96. The van der Waals surface area contributed by atoms with Crippen molar-refractivity contribution in [3.63, 3.8) is 0 Å². The van der Waals surface area contributed by atoms with Crippen LogP contribution >= 0.6 is 11.6 Å². The molecule has 1 N–H and O–H groups in total.